The van der Waals surface area contributed by atoms with Gasteiger partial charge < -0.3 is 4.90 Å². The van der Waals surface area contributed by atoms with E-state index in [1.807, 2.05) is 60.7 Å². The Morgan fingerprint density at radius 1 is 0.970 bits per heavy atom. The first kappa shape index (κ1) is 23.4. The van der Waals surface area contributed by atoms with Gasteiger partial charge in [-0.05, 0) is 48.7 Å². The molecule has 0 radical (unpaired) electrons. The maximum absolute atomic E-state index is 13.5. The van der Waals surface area contributed by atoms with E-state index in [0.717, 1.165) is 23.4 Å². The fourth-order valence-electron chi connectivity index (χ4n) is 4.02. The smallest absolute Gasteiger partial charge is 0.243 e. The van der Waals surface area contributed by atoms with Gasteiger partial charge in [0.05, 0.1) is 16.5 Å². The molecule has 0 saturated carbocycles. The van der Waals surface area contributed by atoms with Crippen LogP contribution >= 0.6 is 11.6 Å². The first-order valence-corrected chi connectivity index (χ1v) is 12.5. The van der Waals surface area contributed by atoms with Crippen molar-refractivity contribution in [2.24, 2.45) is 5.92 Å². The summed E-state index contributed by atoms with van der Waals surface area (Å²) in [5, 5.41) is -0.236. The molecule has 3 aromatic rings. The molecule has 0 atom stereocenters. The summed E-state index contributed by atoms with van der Waals surface area (Å²) in [6, 6.07) is 22.6. The number of nitrogens with zero attached hydrogens (tertiary/aromatic N) is 2. The third kappa shape index (κ3) is 5.27. The van der Waals surface area contributed by atoms with Crippen LogP contribution < -0.4 is 4.90 Å². The Balaban J connectivity index is 1.49. The molecule has 1 fully saturated rings. The lowest BCUT2D eigenvalue weighted by Crippen LogP contribution is -2.44. The van der Waals surface area contributed by atoms with E-state index in [1.165, 1.54) is 10.4 Å². The second-order valence-electron chi connectivity index (χ2n) is 8.00. The molecule has 1 aliphatic heterocycles. The minimum Gasteiger partial charge on any atom is -0.308 e. The second-order valence-corrected chi connectivity index (χ2v) is 10.3. The standard InChI is InChI=1S/C25H24ClFN2O3S/c26-23-17-22(11-12-24(23)27)33(31,32)28-15-13-20(14-16-28)25(30)29(21-9-5-2-6-10-21)18-19-7-3-1-4-8-19/h1-12,17,20H,13-16,18H2. The number of anilines is 1. The molecule has 4 rings (SSSR count). The first-order valence-electron chi connectivity index (χ1n) is 10.7. The summed E-state index contributed by atoms with van der Waals surface area (Å²) >= 11 is 5.77. The van der Waals surface area contributed by atoms with Crippen LogP contribution in [0.2, 0.25) is 5.02 Å². The molecule has 5 nitrogen and oxygen atoms in total. The molecule has 0 aliphatic carbocycles. The van der Waals surface area contributed by atoms with Crippen LogP contribution in [0.1, 0.15) is 18.4 Å². The van der Waals surface area contributed by atoms with Crippen LogP contribution in [0.3, 0.4) is 0 Å². The highest BCUT2D eigenvalue weighted by molar-refractivity contribution is 7.89. The van der Waals surface area contributed by atoms with E-state index in [-0.39, 0.29) is 34.8 Å². The Bertz CT molecular complexity index is 1210. The van der Waals surface area contributed by atoms with E-state index in [0.29, 0.717) is 19.4 Å². The number of hydrogen-bond acceptors (Lipinski definition) is 3. The van der Waals surface area contributed by atoms with Crippen LogP contribution in [0.5, 0.6) is 0 Å². The fraction of sp³-hybridized carbons (Fsp3) is 0.240. The summed E-state index contributed by atoms with van der Waals surface area (Å²) in [6.07, 6.45) is 0.816. The van der Waals surface area contributed by atoms with E-state index in [4.69, 9.17) is 11.6 Å². The molecule has 0 aromatic heterocycles. The van der Waals surface area contributed by atoms with Gasteiger partial charge in [0.25, 0.3) is 0 Å². The van der Waals surface area contributed by atoms with Crippen molar-refractivity contribution in [1.82, 2.24) is 4.31 Å². The van der Waals surface area contributed by atoms with Gasteiger partial charge in [-0.15, -0.1) is 0 Å². The zero-order chi connectivity index (χ0) is 23.4. The van der Waals surface area contributed by atoms with Gasteiger partial charge in [-0.1, -0.05) is 60.1 Å². The van der Waals surface area contributed by atoms with Gasteiger partial charge in [0.1, 0.15) is 5.82 Å². The van der Waals surface area contributed by atoms with Crippen molar-refractivity contribution < 1.29 is 17.6 Å². The third-order valence-corrected chi connectivity index (χ3v) is 8.03. The summed E-state index contributed by atoms with van der Waals surface area (Å²) in [5.41, 5.74) is 1.82. The summed E-state index contributed by atoms with van der Waals surface area (Å²) in [7, 11) is -3.81. The number of piperidine rings is 1. The molecule has 0 unspecified atom stereocenters. The molecule has 172 valence electrons. The predicted octanol–water partition coefficient (Wildman–Crippen LogP) is 5.11. The van der Waals surface area contributed by atoms with Crippen molar-refractivity contribution in [3.05, 3.63) is 95.3 Å². The number of sulfonamides is 1. The van der Waals surface area contributed by atoms with Crippen molar-refractivity contribution in [2.75, 3.05) is 18.0 Å². The van der Waals surface area contributed by atoms with Crippen LogP contribution in [0, 0.1) is 11.7 Å². The lowest BCUT2D eigenvalue weighted by Gasteiger charge is -2.34. The van der Waals surface area contributed by atoms with Gasteiger partial charge in [0.15, 0.2) is 0 Å². The lowest BCUT2D eigenvalue weighted by atomic mass is 9.96. The van der Waals surface area contributed by atoms with Gasteiger partial charge in [-0.25, -0.2) is 12.8 Å². The van der Waals surface area contributed by atoms with Crippen LogP contribution in [0.25, 0.3) is 0 Å². The summed E-state index contributed by atoms with van der Waals surface area (Å²) in [5.74, 6) is -0.983. The third-order valence-electron chi connectivity index (χ3n) is 5.85. The minimum absolute atomic E-state index is 0.0214. The van der Waals surface area contributed by atoms with Crippen molar-refractivity contribution in [2.45, 2.75) is 24.3 Å². The van der Waals surface area contributed by atoms with Crippen LogP contribution in [0.15, 0.2) is 83.8 Å². The zero-order valence-electron chi connectivity index (χ0n) is 17.9. The lowest BCUT2D eigenvalue weighted by molar-refractivity contribution is -0.123. The Morgan fingerprint density at radius 2 is 1.58 bits per heavy atom. The second kappa shape index (κ2) is 10.0. The number of para-hydroxylation sites is 1. The normalized spacial score (nSPS) is 15.3. The van der Waals surface area contributed by atoms with Crippen LogP contribution in [-0.2, 0) is 21.4 Å². The molecule has 1 saturated heterocycles. The Kier molecular flexibility index (Phi) is 7.12. The van der Waals surface area contributed by atoms with Crippen molar-refractivity contribution in [1.29, 1.82) is 0 Å². The molecule has 1 amide bonds. The summed E-state index contributed by atoms with van der Waals surface area (Å²) in [6.45, 7) is 0.861. The molecule has 8 heteroatoms. The van der Waals surface area contributed by atoms with Crippen LogP contribution in [-0.4, -0.2) is 31.7 Å². The van der Waals surface area contributed by atoms with Crippen molar-refractivity contribution in [3.63, 3.8) is 0 Å². The van der Waals surface area contributed by atoms with E-state index in [9.17, 15) is 17.6 Å². The Morgan fingerprint density at radius 3 is 2.18 bits per heavy atom. The largest absolute Gasteiger partial charge is 0.308 e. The monoisotopic (exact) mass is 486 g/mol. The van der Waals surface area contributed by atoms with Crippen LogP contribution in [0.4, 0.5) is 10.1 Å². The highest BCUT2D eigenvalue weighted by atomic mass is 35.5. The molecule has 33 heavy (non-hydrogen) atoms. The fourth-order valence-corrected chi connectivity index (χ4v) is 5.76. The minimum atomic E-state index is -3.81. The average molecular weight is 487 g/mol. The number of hydrogen-bond donors (Lipinski definition) is 0. The Hall–Kier alpha value is -2.74. The average Bonchev–Trinajstić information content (AvgIpc) is 2.85. The van der Waals surface area contributed by atoms with Gasteiger partial charge in [0, 0.05) is 24.7 Å². The van der Waals surface area contributed by atoms with E-state index in [2.05, 4.69) is 0 Å². The molecular formula is C25H24ClFN2O3S. The van der Waals surface area contributed by atoms with Gasteiger partial charge >= 0.3 is 0 Å². The number of carbonyl (C=O) groups is 1. The molecule has 0 bridgehead atoms. The number of halogens is 2. The molecule has 3 aromatic carbocycles. The quantitative estimate of drug-likeness (QED) is 0.486. The number of amides is 1. The topological polar surface area (TPSA) is 57.7 Å². The zero-order valence-corrected chi connectivity index (χ0v) is 19.5. The number of benzene rings is 3. The van der Waals surface area contributed by atoms with Gasteiger partial charge in [0.2, 0.25) is 15.9 Å². The summed E-state index contributed by atoms with van der Waals surface area (Å²) < 4.78 is 40.7. The van der Waals surface area contributed by atoms with E-state index in [1.54, 1.807) is 4.90 Å². The maximum Gasteiger partial charge on any atom is 0.243 e. The molecule has 1 heterocycles. The number of carbonyl (C=O) groups excluding carboxylic acids is 1. The molecule has 1 aliphatic rings. The summed E-state index contributed by atoms with van der Waals surface area (Å²) in [4.78, 5) is 15.2. The first-order chi connectivity index (χ1) is 15.9. The van der Waals surface area contributed by atoms with E-state index < -0.39 is 15.8 Å². The SMILES string of the molecule is O=C(C1CCN(S(=O)(=O)c2ccc(F)c(Cl)c2)CC1)N(Cc1ccccc1)c1ccccc1. The predicted molar refractivity (Wildman–Crippen MR) is 127 cm³/mol. The van der Waals surface area contributed by atoms with Crippen molar-refractivity contribution in [3.8, 4) is 0 Å². The maximum atomic E-state index is 13.5. The molecule has 0 N–H and O–H groups in total. The Labute approximate surface area is 198 Å². The highest BCUT2D eigenvalue weighted by Gasteiger charge is 2.34. The highest BCUT2D eigenvalue weighted by Crippen LogP contribution is 2.29. The molecule has 0 spiro atoms. The number of rotatable bonds is 6. The van der Waals surface area contributed by atoms with Gasteiger partial charge in [-0.2, -0.15) is 4.31 Å². The van der Waals surface area contributed by atoms with E-state index >= 15 is 0 Å². The van der Waals surface area contributed by atoms with Gasteiger partial charge in [-0.3, -0.25) is 4.79 Å². The van der Waals surface area contributed by atoms with Crippen molar-refractivity contribution >= 4 is 33.2 Å². The molecular weight excluding hydrogens is 463 g/mol.